The maximum atomic E-state index is 13.1. The first-order chi connectivity index (χ1) is 16.9. The molecular weight excluding hydrogens is 481 g/mol. The fraction of sp³-hybridized carbons (Fsp3) is 0.318. The summed E-state index contributed by atoms with van der Waals surface area (Å²) in [6.45, 7) is 3.19. The highest BCUT2D eigenvalue weighted by atomic mass is 19.4. The van der Waals surface area contributed by atoms with E-state index in [1.54, 1.807) is 13.8 Å². The number of amides is 2. The molecule has 4 rings (SSSR count). The number of rotatable bonds is 7. The van der Waals surface area contributed by atoms with Gasteiger partial charge < -0.3 is 15.8 Å². The molecule has 11 nitrogen and oxygen atoms in total. The van der Waals surface area contributed by atoms with Crippen molar-refractivity contribution in [2.75, 3.05) is 0 Å². The summed E-state index contributed by atoms with van der Waals surface area (Å²) in [5.74, 6) is -1.37. The number of carbonyl (C=O) groups excluding carboxylic acids is 2. The van der Waals surface area contributed by atoms with E-state index in [4.69, 9.17) is 5.73 Å². The van der Waals surface area contributed by atoms with Gasteiger partial charge in [0.25, 0.3) is 11.8 Å². The van der Waals surface area contributed by atoms with Crippen LogP contribution in [0.3, 0.4) is 0 Å². The summed E-state index contributed by atoms with van der Waals surface area (Å²) in [7, 11) is 0. The fourth-order valence-electron chi connectivity index (χ4n) is 3.61. The Hall–Kier alpha value is -4.54. The second-order valence-electron chi connectivity index (χ2n) is 8.24. The van der Waals surface area contributed by atoms with Crippen LogP contribution in [0.5, 0.6) is 5.75 Å². The van der Waals surface area contributed by atoms with Crippen molar-refractivity contribution in [1.82, 2.24) is 30.0 Å². The average molecular weight is 500 g/mol. The summed E-state index contributed by atoms with van der Waals surface area (Å²) in [6, 6.07) is 6.05. The Labute approximate surface area is 202 Å². The highest BCUT2D eigenvalue weighted by Gasteiger charge is 2.46. The predicted octanol–water partition coefficient (Wildman–Crippen LogP) is 2.41. The quantitative estimate of drug-likeness (QED) is 0.500. The van der Waals surface area contributed by atoms with Crippen LogP contribution in [0, 0.1) is 18.3 Å². The molecule has 36 heavy (non-hydrogen) atoms. The topological polar surface area (TPSA) is 162 Å². The van der Waals surface area contributed by atoms with Gasteiger partial charge in [0.1, 0.15) is 23.6 Å². The molecule has 0 saturated heterocycles. The first-order valence-electron chi connectivity index (χ1n) is 10.6. The molecule has 1 aromatic carbocycles. The monoisotopic (exact) mass is 500 g/mol. The van der Waals surface area contributed by atoms with Gasteiger partial charge >= 0.3 is 6.36 Å². The van der Waals surface area contributed by atoms with E-state index in [9.17, 15) is 28.0 Å². The normalized spacial score (nSPS) is 15.0. The molecule has 3 N–H and O–H groups in total. The standard InChI is InChI=1S/C22H19F3N8O3/c1-11(19-31-12(2)32-33(19)17-8-16(18(27)34)28-10-29-17)30-20(35)13-5-14(21(9-26)3-4-21)7-15(6-13)36-22(23,24)25/h5-8,10-11H,3-4H2,1-2H3,(H2,27,34)(H,30,35)/t11-/m0/s1. The van der Waals surface area contributed by atoms with Gasteiger partial charge in [0.2, 0.25) is 0 Å². The van der Waals surface area contributed by atoms with Gasteiger partial charge in [0, 0.05) is 11.6 Å². The Morgan fingerprint density at radius 3 is 2.58 bits per heavy atom. The molecule has 0 bridgehead atoms. The van der Waals surface area contributed by atoms with Gasteiger partial charge in [-0.25, -0.2) is 15.0 Å². The molecule has 0 radical (unpaired) electrons. The van der Waals surface area contributed by atoms with Crippen LogP contribution in [0.2, 0.25) is 0 Å². The van der Waals surface area contributed by atoms with E-state index in [1.165, 1.54) is 16.8 Å². The molecular formula is C22H19F3N8O3. The number of nitrogens with zero attached hydrogens (tertiary/aromatic N) is 6. The Morgan fingerprint density at radius 1 is 1.25 bits per heavy atom. The number of alkyl halides is 3. The molecule has 1 atom stereocenters. The number of aromatic nitrogens is 5. The van der Waals surface area contributed by atoms with Crippen LogP contribution in [0.1, 0.15) is 63.9 Å². The molecule has 0 aliphatic heterocycles. The number of hydrogen-bond acceptors (Lipinski definition) is 8. The Kier molecular flexibility index (Phi) is 6.09. The molecule has 1 saturated carbocycles. The number of benzene rings is 1. The smallest absolute Gasteiger partial charge is 0.406 e. The van der Waals surface area contributed by atoms with E-state index in [-0.39, 0.29) is 28.5 Å². The lowest BCUT2D eigenvalue weighted by atomic mass is 9.95. The minimum absolute atomic E-state index is 0.0590. The summed E-state index contributed by atoms with van der Waals surface area (Å²) in [4.78, 5) is 36.7. The third-order valence-corrected chi connectivity index (χ3v) is 5.51. The zero-order valence-electron chi connectivity index (χ0n) is 19.0. The van der Waals surface area contributed by atoms with Gasteiger partial charge in [0.05, 0.1) is 17.5 Å². The van der Waals surface area contributed by atoms with Crippen molar-refractivity contribution in [3.8, 4) is 17.6 Å². The molecule has 2 aromatic heterocycles. The minimum atomic E-state index is -4.97. The van der Waals surface area contributed by atoms with Gasteiger partial charge in [0.15, 0.2) is 11.6 Å². The molecule has 186 valence electrons. The van der Waals surface area contributed by atoms with Crippen molar-refractivity contribution in [2.24, 2.45) is 5.73 Å². The van der Waals surface area contributed by atoms with E-state index >= 15 is 0 Å². The minimum Gasteiger partial charge on any atom is -0.406 e. The second-order valence-corrected chi connectivity index (χ2v) is 8.24. The number of nitrogens with two attached hydrogens (primary N) is 1. The van der Waals surface area contributed by atoms with Gasteiger partial charge in [-0.05, 0) is 50.5 Å². The summed E-state index contributed by atoms with van der Waals surface area (Å²) >= 11 is 0. The number of hydrogen-bond donors (Lipinski definition) is 2. The van der Waals surface area contributed by atoms with Crippen molar-refractivity contribution < 1.29 is 27.5 Å². The van der Waals surface area contributed by atoms with Gasteiger partial charge in [-0.15, -0.1) is 18.3 Å². The molecule has 1 aliphatic carbocycles. The summed E-state index contributed by atoms with van der Waals surface area (Å²) in [5, 5.41) is 16.4. The third kappa shape index (κ3) is 5.09. The highest BCUT2D eigenvalue weighted by Crippen LogP contribution is 2.48. The van der Waals surface area contributed by atoms with Crippen LogP contribution in [0.25, 0.3) is 5.82 Å². The van der Waals surface area contributed by atoms with Crippen LogP contribution in [-0.4, -0.2) is 42.9 Å². The van der Waals surface area contributed by atoms with E-state index in [0.717, 1.165) is 18.5 Å². The lowest BCUT2D eigenvalue weighted by Crippen LogP contribution is -2.29. The maximum absolute atomic E-state index is 13.1. The van der Waals surface area contributed by atoms with Crippen LogP contribution < -0.4 is 15.8 Å². The first-order valence-corrected chi connectivity index (χ1v) is 10.6. The highest BCUT2D eigenvalue weighted by molar-refractivity contribution is 5.95. The predicted molar refractivity (Wildman–Crippen MR) is 116 cm³/mol. The molecule has 2 amide bonds. The van der Waals surface area contributed by atoms with E-state index < -0.39 is 35.4 Å². The van der Waals surface area contributed by atoms with Crippen LogP contribution in [0.15, 0.2) is 30.6 Å². The summed E-state index contributed by atoms with van der Waals surface area (Å²) < 4.78 is 43.9. The Bertz CT molecular complexity index is 1390. The van der Waals surface area contributed by atoms with E-state index in [2.05, 4.69) is 36.2 Å². The van der Waals surface area contributed by atoms with E-state index in [1.807, 2.05) is 0 Å². The number of halogens is 3. The molecule has 14 heteroatoms. The number of aryl methyl sites for hydroxylation is 1. The Balaban J connectivity index is 1.64. The van der Waals surface area contributed by atoms with Crippen LogP contribution in [-0.2, 0) is 5.41 Å². The number of nitriles is 1. The molecule has 0 unspecified atom stereocenters. The lowest BCUT2D eigenvalue weighted by molar-refractivity contribution is -0.274. The van der Waals surface area contributed by atoms with Crippen molar-refractivity contribution in [1.29, 1.82) is 5.26 Å². The van der Waals surface area contributed by atoms with E-state index in [0.29, 0.717) is 18.7 Å². The van der Waals surface area contributed by atoms with Crippen molar-refractivity contribution in [3.63, 3.8) is 0 Å². The number of ether oxygens (including phenoxy) is 1. The molecule has 0 spiro atoms. The first kappa shape index (κ1) is 24.6. The second kappa shape index (κ2) is 8.91. The number of carbonyl (C=O) groups is 2. The SMILES string of the molecule is Cc1nc([C@H](C)NC(=O)c2cc(OC(F)(F)F)cc(C3(C#N)CC3)c2)n(-c2cc(C(N)=O)ncn2)n1. The summed E-state index contributed by atoms with van der Waals surface area (Å²) in [5.41, 5.74) is 4.40. The third-order valence-electron chi connectivity index (χ3n) is 5.51. The number of nitrogens with one attached hydrogen (secondary N) is 1. The Morgan fingerprint density at radius 2 is 1.97 bits per heavy atom. The molecule has 2 heterocycles. The number of primary amides is 1. The van der Waals surface area contributed by atoms with Crippen molar-refractivity contribution >= 4 is 11.8 Å². The van der Waals surface area contributed by atoms with Crippen LogP contribution >= 0.6 is 0 Å². The molecule has 1 fully saturated rings. The van der Waals surface area contributed by atoms with Crippen molar-refractivity contribution in [2.45, 2.75) is 44.5 Å². The van der Waals surface area contributed by atoms with Crippen LogP contribution in [0.4, 0.5) is 13.2 Å². The molecule has 1 aliphatic rings. The van der Waals surface area contributed by atoms with Gasteiger partial charge in [-0.1, -0.05) is 0 Å². The molecule has 3 aromatic rings. The van der Waals surface area contributed by atoms with Gasteiger partial charge in [-0.2, -0.15) is 9.94 Å². The average Bonchev–Trinajstić information content (AvgIpc) is 3.52. The fourth-order valence-corrected chi connectivity index (χ4v) is 3.61. The summed E-state index contributed by atoms with van der Waals surface area (Å²) in [6.07, 6.45) is -2.93. The zero-order chi connectivity index (χ0) is 26.3. The van der Waals surface area contributed by atoms with Crippen molar-refractivity contribution in [3.05, 3.63) is 59.1 Å². The maximum Gasteiger partial charge on any atom is 0.573 e. The lowest BCUT2D eigenvalue weighted by Gasteiger charge is -2.17. The largest absolute Gasteiger partial charge is 0.573 e. The van der Waals surface area contributed by atoms with Gasteiger partial charge in [-0.3, -0.25) is 9.59 Å². The zero-order valence-corrected chi connectivity index (χ0v) is 19.0.